The van der Waals surface area contributed by atoms with Gasteiger partial charge in [0.25, 0.3) is 0 Å². The molecule has 0 aliphatic carbocycles. The maximum atomic E-state index is 15.8. The zero-order valence-corrected chi connectivity index (χ0v) is 55.3. The largest absolute Gasteiger partial charge is 0.415 e. The van der Waals surface area contributed by atoms with E-state index in [1.54, 1.807) is 6.07 Å². The minimum Gasteiger partial charge on any atom is -0.310 e. The monoisotopic (exact) mass is 1340 g/mol. The lowest BCUT2D eigenvalue weighted by Gasteiger charge is -2.22. The van der Waals surface area contributed by atoms with Crippen molar-refractivity contribution in [2.45, 2.75) is 6.18 Å². The molecule has 0 saturated carbocycles. The molecule has 15 aromatic carbocycles. The molecule has 0 aliphatic rings. The number of halogens is 3. The van der Waals surface area contributed by atoms with Crippen LogP contribution in [0, 0.1) is 13.1 Å². The summed E-state index contributed by atoms with van der Waals surface area (Å²) in [5.74, 6) is 0. The molecule has 0 fully saturated rings. The number of aromatic nitrogens is 6. The van der Waals surface area contributed by atoms with Crippen LogP contribution in [0.4, 0.5) is 24.5 Å². The van der Waals surface area contributed by atoms with Gasteiger partial charge in [-0.1, -0.05) is 176 Å². The van der Waals surface area contributed by atoms with Crippen LogP contribution in [0.2, 0.25) is 0 Å². The molecule has 0 aliphatic heterocycles. The molecule has 6 heterocycles. The highest BCUT2D eigenvalue weighted by Gasteiger charge is 2.35. The highest BCUT2D eigenvalue weighted by molar-refractivity contribution is 6.18. The molecule has 21 rings (SSSR count). The fraction of sp³-hybridized carbons (Fsp3) is 0.0108. The molecule has 104 heavy (non-hydrogen) atoms. The van der Waals surface area contributed by atoms with E-state index in [1.165, 1.54) is 12.1 Å². The van der Waals surface area contributed by atoms with Gasteiger partial charge >= 0.3 is 6.18 Å². The van der Waals surface area contributed by atoms with Gasteiger partial charge in [-0.2, -0.15) is 13.2 Å². The van der Waals surface area contributed by atoms with E-state index in [0.717, 1.165) is 160 Å². The first-order valence-corrected chi connectivity index (χ1v) is 34.5. The van der Waals surface area contributed by atoms with Gasteiger partial charge in [0.2, 0.25) is 0 Å². The zero-order valence-electron chi connectivity index (χ0n) is 55.3. The van der Waals surface area contributed by atoms with Crippen molar-refractivity contribution in [3.05, 3.63) is 350 Å². The summed E-state index contributed by atoms with van der Waals surface area (Å²) in [6.07, 6.45) is -4.83. The summed E-state index contributed by atoms with van der Waals surface area (Å²) in [5, 5.41) is 12.8. The molecule has 8 nitrogen and oxygen atoms in total. The average Bonchev–Trinajstić information content (AvgIpc) is 1.54. The second-order valence-electron chi connectivity index (χ2n) is 26.8. The zero-order chi connectivity index (χ0) is 69.2. The Balaban J connectivity index is 0.871. The van der Waals surface area contributed by atoms with Crippen LogP contribution in [-0.2, 0) is 6.18 Å². The molecule has 0 spiro atoms. The van der Waals surface area contributed by atoms with Crippen LogP contribution < -0.4 is 0 Å². The number of para-hydroxylation sites is 8. The van der Waals surface area contributed by atoms with E-state index in [0.29, 0.717) is 28.2 Å². The maximum Gasteiger partial charge on any atom is 0.415 e. The molecule has 21 aromatic rings. The van der Waals surface area contributed by atoms with Crippen LogP contribution in [-0.4, -0.2) is 27.4 Å². The van der Waals surface area contributed by atoms with Crippen molar-refractivity contribution in [3.63, 3.8) is 0 Å². The smallest absolute Gasteiger partial charge is 0.310 e. The number of alkyl halides is 3. The van der Waals surface area contributed by atoms with Crippen molar-refractivity contribution in [1.82, 2.24) is 27.4 Å². The summed E-state index contributed by atoms with van der Waals surface area (Å²) in [6.45, 7) is 17.1. The van der Waals surface area contributed by atoms with E-state index in [-0.39, 0.29) is 16.8 Å². The minimum atomic E-state index is -4.83. The van der Waals surface area contributed by atoms with Crippen molar-refractivity contribution >= 4 is 142 Å². The van der Waals surface area contributed by atoms with Crippen LogP contribution in [0.1, 0.15) is 5.56 Å². The highest BCUT2D eigenvalue weighted by atomic mass is 19.4. The summed E-state index contributed by atoms with van der Waals surface area (Å²) in [4.78, 5) is 7.86. The third-order valence-electron chi connectivity index (χ3n) is 21.5. The first-order valence-electron chi connectivity index (χ1n) is 34.5. The molecule has 0 amide bonds. The Kier molecular flexibility index (Phi) is 12.5. The fourth-order valence-corrected chi connectivity index (χ4v) is 17.1. The first kappa shape index (κ1) is 58.8. The van der Waals surface area contributed by atoms with E-state index < -0.39 is 11.7 Å². The lowest BCUT2D eigenvalue weighted by molar-refractivity contribution is -0.137. The molecular formula is C93H53F3N8. The van der Waals surface area contributed by atoms with Crippen molar-refractivity contribution in [3.8, 4) is 56.4 Å². The minimum absolute atomic E-state index is 0.0968. The van der Waals surface area contributed by atoms with Crippen molar-refractivity contribution < 1.29 is 13.2 Å². The Morgan fingerprint density at radius 1 is 0.240 bits per heavy atom. The molecule has 0 saturated heterocycles. The average molecular weight is 1340 g/mol. The highest BCUT2D eigenvalue weighted by Crippen LogP contribution is 2.50. The number of fused-ring (bicyclic) bond motifs is 18. The van der Waals surface area contributed by atoms with Crippen LogP contribution >= 0.6 is 0 Å². The van der Waals surface area contributed by atoms with Gasteiger partial charge < -0.3 is 27.4 Å². The predicted octanol–water partition coefficient (Wildman–Crippen LogP) is 25.7. The van der Waals surface area contributed by atoms with Gasteiger partial charge in [0, 0.05) is 98.6 Å². The summed E-state index contributed by atoms with van der Waals surface area (Å²) in [7, 11) is 0. The standard InChI is InChI=1S/C93H53F3N8/c1-97-57-39-44-62(76(51-57)93(94,95)96)56-38-45-90(103-86-46-40-58(99-78-29-11-3-20-63(78)64-21-4-12-30-79(64)99)52-71(86)72-53-59(41-47-87(72)103)100-80-31-13-5-22-65(80)66-23-6-14-32-81(66)100)75(50-56)92-77(98-2)28-19-37-91(92)104-88-48-42-60(101-82-33-15-7-24-67(82)68-25-8-16-34-83(68)101)54-73(88)74-55-61(43-49-89(74)104)102-84-35-17-9-26-69(84)70-27-10-18-36-85(70)102/h3-55H. The van der Waals surface area contributed by atoms with Gasteiger partial charge in [-0.3, -0.25) is 0 Å². The van der Waals surface area contributed by atoms with Gasteiger partial charge in [0.15, 0.2) is 11.4 Å². The SMILES string of the molecule is [C-]#[N+]c1ccc(-c2ccc(-n3c4ccc(-n5c6ccccc6c6ccccc65)cc4c4cc(-n5c6ccccc6c6ccccc65)ccc43)c(-c3c([N+]#[C-])cccc3-n3c4ccc(-n5c6ccccc6c6ccccc65)cc4c4cc(-n5c6ccccc6c6ccccc65)ccc43)c2)c(C(F)(F)F)c1. The van der Waals surface area contributed by atoms with Gasteiger partial charge in [-0.15, -0.1) is 0 Å². The normalized spacial score (nSPS) is 12.2. The van der Waals surface area contributed by atoms with Crippen molar-refractivity contribution in [2.24, 2.45) is 0 Å². The van der Waals surface area contributed by atoms with Crippen LogP contribution in [0.5, 0.6) is 0 Å². The maximum absolute atomic E-state index is 15.8. The van der Waals surface area contributed by atoms with Gasteiger partial charge in [-0.25, -0.2) is 9.69 Å². The molecule has 0 atom stereocenters. The second kappa shape index (κ2) is 22.2. The van der Waals surface area contributed by atoms with Gasteiger partial charge in [0.1, 0.15) is 0 Å². The number of benzene rings is 15. The van der Waals surface area contributed by atoms with Crippen LogP contribution in [0.15, 0.2) is 322 Å². The van der Waals surface area contributed by atoms with Gasteiger partial charge in [0.05, 0.1) is 90.6 Å². The van der Waals surface area contributed by atoms with E-state index in [1.807, 2.05) is 30.3 Å². The lowest BCUT2D eigenvalue weighted by atomic mass is 9.92. The molecular weight excluding hydrogens is 1290 g/mol. The third kappa shape index (κ3) is 8.47. The van der Waals surface area contributed by atoms with Crippen molar-refractivity contribution in [2.75, 3.05) is 0 Å². The number of hydrogen-bond donors (Lipinski definition) is 0. The molecule has 0 bridgehead atoms. The molecule has 0 N–H and O–H groups in total. The molecule has 0 radical (unpaired) electrons. The molecule has 6 aromatic heterocycles. The molecule has 0 unspecified atom stereocenters. The summed E-state index contributed by atoms with van der Waals surface area (Å²) < 4.78 is 61.2. The number of hydrogen-bond acceptors (Lipinski definition) is 0. The Labute approximate surface area is 591 Å². The summed E-state index contributed by atoms with van der Waals surface area (Å²) >= 11 is 0. The quantitative estimate of drug-likeness (QED) is 0.136. The van der Waals surface area contributed by atoms with E-state index in [2.05, 4.69) is 304 Å². The molecule has 486 valence electrons. The Hall–Kier alpha value is -14.1. The Bertz CT molecular complexity index is 6840. The van der Waals surface area contributed by atoms with E-state index in [4.69, 9.17) is 6.57 Å². The van der Waals surface area contributed by atoms with Crippen LogP contribution in [0.25, 0.3) is 197 Å². The summed E-state index contributed by atoms with van der Waals surface area (Å²) in [5.41, 5.74) is 17.4. The van der Waals surface area contributed by atoms with E-state index in [9.17, 15) is 6.57 Å². The van der Waals surface area contributed by atoms with E-state index >= 15 is 13.2 Å². The van der Waals surface area contributed by atoms with Gasteiger partial charge in [-0.05, 0) is 162 Å². The summed E-state index contributed by atoms with van der Waals surface area (Å²) in [6, 6.07) is 109. The fourth-order valence-electron chi connectivity index (χ4n) is 17.1. The number of rotatable bonds is 8. The first-order chi connectivity index (χ1) is 51.2. The second-order valence-corrected chi connectivity index (χ2v) is 26.8. The molecule has 11 heteroatoms. The predicted molar refractivity (Wildman–Crippen MR) is 421 cm³/mol. The Morgan fingerprint density at radius 2 is 0.558 bits per heavy atom. The lowest BCUT2D eigenvalue weighted by Crippen LogP contribution is -2.07. The topological polar surface area (TPSA) is 38.3 Å². The Morgan fingerprint density at radius 3 is 0.875 bits per heavy atom. The van der Waals surface area contributed by atoms with Crippen LogP contribution in [0.3, 0.4) is 0 Å². The number of nitrogens with zero attached hydrogens (tertiary/aromatic N) is 8. The van der Waals surface area contributed by atoms with Crippen molar-refractivity contribution in [1.29, 1.82) is 0 Å². The third-order valence-corrected chi connectivity index (χ3v) is 21.5.